The summed E-state index contributed by atoms with van der Waals surface area (Å²) >= 11 is 0. The van der Waals surface area contributed by atoms with Crippen LogP contribution >= 0.6 is 0 Å². The van der Waals surface area contributed by atoms with Crippen molar-refractivity contribution in [2.45, 2.75) is 65.5 Å². The van der Waals surface area contributed by atoms with Gasteiger partial charge in [-0.05, 0) is 18.3 Å². The smallest absolute Gasteiger partial charge is 0.211 e. The summed E-state index contributed by atoms with van der Waals surface area (Å²) in [5.41, 5.74) is -0.929. The molecule has 17 heavy (non-hydrogen) atoms. The summed E-state index contributed by atoms with van der Waals surface area (Å²) in [5, 5.41) is 0. The van der Waals surface area contributed by atoms with E-state index in [9.17, 15) is 22.0 Å². The highest BCUT2D eigenvalue weighted by molar-refractivity contribution is 4.86. The zero-order valence-electron chi connectivity index (χ0n) is 10.6. The molecule has 2 atom stereocenters. The van der Waals surface area contributed by atoms with Crippen molar-refractivity contribution < 1.29 is 22.0 Å². The fourth-order valence-corrected chi connectivity index (χ4v) is 2.37. The van der Waals surface area contributed by atoms with Crippen molar-refractivity contribution >= 4 is 0 Å². The minimum Gasteiger partial charge on any atom is -0.211 e. The molecule has 0 bridgehead atoms. The van der Waals surface area contributed by atoms with Gasteiger partial charge in [-0.1, -0.05) is 33.6 Å². The van der Waals surface area contributed by atoms with Gasteiger partial charge < -0.3 is 0 Å². The lowest BCUT2D eigenvalue weighted by atomic mass is 9.69. The van der Waals surface area contributed by atoms with E-state index in [4.69, 9.17) is 0 Å². The van der Waals surface area contributed by atoms with E-state index < -0.39 is 36.8 Å². The zero-order chi connectivity index (χ0) is 13.7. The van der Waals surface area contributed by atoms with Gasteiger partial charge in [-0.25, -0.2) is 8.78 Å². The highest BCUT2D eigenvalue weighted by Crippen LogP contribution is 2.47. The van der Waals surface area contributed by atoms with Gasteiger partial charge in [-0.3, -0.25) is 0 Å². The second-order valence-electron chi connectivity index (χ2n) is 4.82. The van der Waals surface area contributed by atoms with Gasteiger partial charge in [0.05, 0.1) is 5.92 Å². The number of rotatable bonds is 7. The van der Waals surface area contributed by atoms with Gasteiger partial charge in [-0.2, -0.15) is 13.2 Å². The predicted molar refractivity (Wildman–Crippen MR) is 58.1 cm³/mol. The van der Waals surface area contributed by atoms with Gasteiger partial charge >= 0.3 is 6.18 Å². The van der Waals surface area contributed by atoms with Crippen LogP contribution in [-0.4, -0.2) is 12.6 Å². The topological polar surface area (TPSA) is 0 Å². The van der Waals surface area contributed by atoms with Crippen LogP contribution in [0.5, 0.6) is 0 Å². The highest BCUT2D eigenvalue weighted by Gasteiger charge is 2.49. The van der Waals surface area contributed by atoms with Gasteiger partial charge in [0.15, 0.2) is 0 Å². The number of hydrogen-bond donors (Lipinski definition) is 0. The Balaban J connectivity index is 4.88. The molecule has 0 aromatic carbocycles. The molecule has 0 aliphatic heterocycles. The summed E-state index contributed by atoms with van der Waals surface area (Å²) in [7, 11) is 0. The lowest BCUT2D eigenvalue weighted by Gasteiger charge is -2.38. The number of alkyl halides is 5. The maximum absolute atomic E-state index is 12.9. The lowest BCUT2D eigenvalue weighted by Crippen LogP contribution is -2.38. The van der Waals surface area contributed by atoms with Crippen LogP contribution in [-0.2, 0) is 0 Å². The SMILES string of the molecule is CCCC(C)(CC)C(CCC(F)F)C(F)(F)F. The first-order chi connectivity index (χ1) is 7.67. The Hall–Kier alpha value is -0.350. The average Bonchev–Trinajstić information content (AvgIpc) is 2.15. The van der Waals surface area contributed by atoms with Crippen LogP contribution in [0, 0.1) is 11.3 Å². The second kappa shape index (κ2) is 6.55. The van der Waals surface area contributed by atoms with E-state index in [2.05, 4.69) is 0 Å². The van der Waals surface area contributed by atoms with Gasteiger partial charge in [-0.15, -0.1) is 0 Å². The fraction of sp³-hybridized carbons (Fsp3) is 1.00. The van der Waals surface area contributed by atoms with Crippen LogP contribution < -0.4 is 0 Å². The fourth-order valence-electron chi connectivity index (χ4n) is 2.37. The Bertz CT molecular complexity index is 211. The number of hydrogen-bond acceptors (Lipinski definition) is 0. The summed E-state index contributed by atoms with van der Waals surface area (Å²) in [6.07, 6.45) is -6.82. The Morgan fingerprint density at radius 2 is 1.53 bits per heavy atom. The Labute approximate surface area is 99.6 Å². The minimum absolute atomic E-state index is 0.355. The summed E-state index contributed by atoms with van der Waals surface area (Å²) < 4.78 is 63.0. The molecule has 5 heteroatoms. The Morgan fingerprint density at radius 1 is 1.00 bits per heavy atom. The molecular formula is C12H21F5. The molecule has 0 aromatic rings. The molecular weight excluding hydrogens is 239 g/mol. The normalized spacial score (nSPS) is 18.2. The first-order valence-corrected chi connectivity index (χ1v) is 6.02. The van der Waals surface area contributed by atoms with Gasteiger partial charge in [0.1, 0.15) is 0 Å². The summed E-state index contributed by atoms with van der Waals surface area (Å²) in [6.45, 7) is 5.06. The van der Waals surface area contributed by atoms with E-state index in [1.54, 1.807) is 13.8 Å². The molecule has 0 heterocycles. The molecule has 104 valence electrons. The Kier molecular flexibility index (Phi) is 6.41. The highest BCUT2D eigenvalue weighted by atomic mass is 19.4. The average molecular weight is 260 g/mol. The van der Waals surface area contributed by atoms with E-state index in [-0.39, 0.29) is 0 Å². The van der Waals surface area contributed by atoms with Crippen molar-refractivity contribution in [2.75, 3.05) is 0 Å². The molecule has 0 fully saturated rings. The lowest BCUT2D eigenvalue weighted by molar-refractivity contribution is -0.211. The van der Waals surface area contributed by atoms with Crippen LogP contribution in [0.3, 0.4) is 0 Å². The van der Waals surface area contributed by atoms with Crippen molar-refractivity contribution in [1.82, 2.24) is 0 Å². The summed E-state index contributed by atoms with van der Waals surface area (Å²) in [5.74, 6) is -1.63. The monoisotopic (exact) mass is 260 g/mol. The first kappa shape index (κ1) is 16.6. The summed E-state index contributed by atoms with van der Waals surface area (Å²) in [4.78, 5) is 0. The second-order valence-corrected chi connectivity index (χ2v) is 4.82. The molecule has 0 saturated heterocycles. The van der Waals surface area contributed by atoms with Crippen LogP contribution in [0.2, 0.25) is 0 Å². The third-order valence-corrected chi connectivity index (χ3v) is 3.54. The molecule has 0 spiro atoms. The van der Waals surface area contributed by atoms with Crippen LogP contribution in [0.4, 0.5) is 22.0 Å². The van der Waals surface area contributed by atoms with E-state index >= 15 is 0 Å². The van der Waals surface area contributed by atoms with Crippen LogP contribution in [0.15, 0.2) is 0 Å². The van der Waals surface area contributed by atoms with E-state index in [1.165, 1.54) is 0 Å². The molecule has 0 rings (SSSR count). The van der Waals surface area contributed by atoms with Crippen molar-refractivity contribution in [3.8, 4) is 0 Å². The predicted octanol–water partition coefficient (Wildman–Crippen LogP) is 5.43. The molecule has 0 N–H and O–H groups in total. The molecule has 0 aliphatic carbocycles. The quantitative estimate of drug-likeness (QED) is 0.536. The van der Waals surface area contributed by atoms with Crippen LogP contribution in [0.1, 0.15) is 52.9 Å². The third-order valence-electron chi connectivity index (χ3n) is 3.54. The molecule has 0 aliphatic rings. The summed E-state index contributed by atoms with van der Waals surface area (Å²) in [6, 6.07) is 0. The van der Waals surface area contributed by atoms with Crippen molar-refractivity contribution in [1.29, 1.82) is 0 Å². The van der Waals surface area contributed by atoms with E-state index in [0.717, 1.165) is 0 Å². The molecule has 0 radical (unpaired) electrons. The zero-order valence-corrected chi connectivity index (χ0v) is 10.6. The maximum atomic E-state index is 12.9. The van der Waals surface area contributed by atoms with E-state index in [0.29, 0.717) is 19.3 Å². The minimum atomic E-state index is -4.39. The standard InChI is InChI=1S/C12H21F5/c1-4-8-11(3,5-2)9(12(15,16)17)6-7-10(13)14/h9-10H,4-8H2,1-3H3. The molecule has 2 unspecified atom stereocenters. The van der Waals surface area contributed by atoms with E-state index in [1.807, 2.05) is 6.92 Å². The van der Waals surface area contributed by atoms with Gasteiger partial charge in [0.25, 0.3) is 0 Å². The molecule has 0 aromatic heterocycles. The van der Waals surface area contributed by atoms with Crippen LogP contribution in [0.25, 0.3) is 0 Å². The van der Waals surface area contributed by atoms with Gasteiger partial charge in [0, 0.05) is 6.42 Å². The first-order valence-electron chi connectivity index (χ1n) is 6.02. The van der Waals surface area contributed by atoms with Crippen molar-refractivity contribution in [2.24, 2.45) is 11.3 Å². The molecule has 0 saturated carbocycles. The van der Waals surface area contributed by atoms with Gasteiger partial charge in [0.2, 0.25) is 6.43 Å². The molecule has 0 amide bonds. The molecule has 0 nitrogen and oxygen atoms in total. The maximum Gasteiger partial charge on any atom is 0.392 e. The number of halogens is 5. The van der Waals surface area contributed by atoms with Crippen molar-refractivity contribution in [3.05, 3.63) is 0 Å². The Morgan fingerprint density at radius 3 is 1.82 bits per heavy atom. The largest absolute Gasteiger partial charge is 0.392 e. The third kappa shape index (κ3) is 5.21. The van der Waals surface area contributed by atoms with Crippen molar-refractivity contribution in [3.63, 3.8) is 0 Å².